The smallest absolute Gasteiger partial charge is 0.178 e. The van der Waals surface area contributed by atoms with Crippen molar-refractivity contribution in [1.82, 2.24) is 4.98 Å². The summed E-state index contributed by atoms with van der Waals surface area (Å²) in [6.07, 6.45) is 1.50. The Kier molecular flexibility index (Phi) is 5.36. The molecule has 0 saturated heterocycles. The summed E-state index contributed by atoms with van der Waals surface area (Å²) in [5.41, 5.74) is 1.99. The highest BCUT2D eigenvalue weighted by molar-refractivity contribution is 7.91. The Morgan fingerprint density at radius 1 is 1.24 bits per heavy atom. The summed E-state index contributed by atoms with van der Waals surface area (Å²) in [6.45, 7) is 4.64. The molecule has 0 aliphatic heterocycles. The largest absolute Gasteiger partial charge is 0.385 e. The van der Waals surface area contributed by atoms with E-state index in [4.69, 9.17) is 0 Å². The van der Waals surface area contributed by atoms with Crippen molar-refractivity contribution >= 4 is 26.9 Å². The minimum absolute atomic E-state index is 0.198. The van der Waals surface area contributed by atoms with E-state index < -0.39 is 9.84 Å². The summed E-state index contributed by atoms with van der Waals surface area (Å²) in [4.78, 5) is 4.80. The van der Waals surface area contributed by atoms with Crippen LogP contribution in [0, 0.1) is 6.92 Å². The monoisotopic (exact) mass is 324 g/mol. The molecular weight excluding hydrogens is 304 g/mol. The Bertz CT molecular complexity index is 676. The SMILES string of the molecule is CCCS(=O)(=O)c1ccc(NCCc2nc(C)cs2)cc1. The maximum atomic E-state index is 11.9. The molecule has 0 radical (unpaired) electrons. The number of aromatic nitrogens is 1. The molecule has 0 atom stereocenters. The van der Waals surface area contributed by atoms with Gasteiger partial charge in [0, 0.05) is 29.7 Å². The van der Waals surface area contributed by atoms with Crippen LogP contribution in [0.15, 0.2) is 34.5 Å². The Morgan fingerprint density at radius 3 is 2.52 bits per heavy atom. The van der Waals surface area contributed by atoms with Gasteiger partial charge in [-0.25, -0.2) is 13.4 Å². The molecule has 0 aliphatic carbocycles. The third-order valence-electron chi connectivity index (χ3n) is 3.02. The van der Waals surface area contributed by atoms with Gasteiger partial charge in [0.15, 0.2) is 9.84 Å². The van der Waals surface area contributed by atoms with Gasteiger partial charge in [0.1, 0.15) is 0 Å². The van der Waals surface area contributed by atoms with Crippen LogP contribution in [0.2, 0.25) is 0 Å². The van der Waals surface area contributed by atoms with Crippen LogP contribution in [0.1, 0.15) is 24.0 Å². The third-order valence-corrected chi connectivity index (χ3v) is 5.98. The van der Waals surface area contributed by atoms with Crippen molar-refractivity contribution in [3.8, 4) is 0 Å². The molecule has 0 aliphatic rings. The van der Waals surface area contributed by atoms with Crippen molar-refractivity contribution in [3.05, 3.63) is 40.3 Å². The normalized spacial score (nSPS) is 11.5. The number of sulfone groups is 1. The highest BCUT2D eigenvalue weighted by atomic mass is 32.2. The molecule has 0 fully saturated rings. The molecule has 0 spiro atoms. The number of nitrogens with one attached hydrogen (secondary N) is 1. The molecule has 0 saturated carbocycles. The number of thiazole rings is 1. The van der Waals surface area contributed by atoms with Crippen LogP contribution in [-0.2, 0) is 16.3 Å². The van der Waals surface area contributed by atoms with E-state index in [9.17, 15) is 8.42 Å². The quantitative estimate of drug-likeness (QED) is 0.849. The van der Waals surface area contributed by atoms with Gasteiger partial charge in [0.05, 0.1) is 15.7 Å². The molecule has 1 aromatic carbocycles. The van der Waals surface area contributed by atoms with Crippen LogP contribution < -0.4 is 5.32 Å². The molecule has 4 nitrogen and oxygen atoms in total. The molecule has 21 heavy (non-hydrogen) atoms. The maximum absolute atomic E-state index is 11.9. The van der Waals surface area contributed by atoms with Gasteiger partial charge in [0.25, 0.3) is 0 Å². The first-order valence-electron chi connectivity index (χ1n) is 6.99. The van der Waals surface area contributed by atoms with Crippen molar-refractivity contribution in [2.24, 2.45) is 0 Å². The van der Waals surface area contributed by atoms with Gasteiger partial charge in [0.2, 0.25) is 0 Å². The summed E-state index contributed by atoms with van der Waals surface area (Å²) in [6, 6.07) is 6.97. The minimum atomic E-state index is -3.12. The average Bonchev–Trinajstić information content (AvgIpc) is 2.85. The second-order valence-corrected chi connectivity index (χ2v) is 7.95. The zero-order valence-electron chi connectivity index (χ0n) is 12.3. The Hall–Kier alpha value is -1.40. The highest BCUT2D eigenvalue weighted by Gasteiger charge is 2.12. The highest BCUT2D eigenvalue weighted by Crippen LogP contribution is 2.16. The first kappa shape index (κ1) is 16.0. The van der Waals surface area contributed by atoms with Crippen LogP contribution >= 0.6 is 11.3 Å². The molecule has 1 N–H and O–H groups in total. The number of rotatable bonds is 7. The van der Waals surface area contributed by atoms with Crippen molar-refractivity contribution in [1.29, 1.82) is 0 Å². The van der Waals surface area contributed by atoms with Crippen molar-refractivity contribution in [3.63, 3.8) is 0 Å². The Morgan fingerprint density at radius 2 is 1.95 bits per heavy atom. The second kappa shape index (κ2) is 7.04. The van der Waals surface area contributed by atoms with Crippen LogP contribution in [0.3, 0.4) is 0 Å². The summed E-state index contributed by atoms with van der Waals surface area (Å²) in [7, 11) is -3.12. The lowest BCUT2D eigenvalue weighted by Gasteiger charge is -2.07. The number of hydrogen-bond acceptors (Lipinski definition) is 5. The van der Waals surface area contributed by atoms with Crippen molar-refractivity contribution < 1.29 is 8.42 Å². The van der Waals surface area contributed by atoms with E-state index in [1.165, 1.54) is 0 Å². The van der Waals surface area contributed by atoms with E-state index in [1.54, 1.807) is 23.5 Å². The molecule has 0 bridgehead atoms. The standard InChI is InChI=1S/C15H20N2O2S2/c1-3-10-21(18,19)14-6-4-13(5-7-14)16-9-8-15-17-12(2)11-20-15/h4-7,11,16H,3,8-10H2,1-2H3. The molecule has 2 rings (SSSR count). The van der Waals surface area contributed by atoms with Crippen molar-refractivity contribution in [2.75, 3.05) is 17.6 Å². The van der Waals surface area contributed by atoms with E-state index in [2.05, 4.69) is 10.3 Å². The van der Waals surface area contributed by atoms with E-state index in [1.807, 2.05) is 31.4 Å². The third kappa shape index (κ3) is 4.54. The topological polar surface area (TPSA) is 59.1 Å². The number of hydrogen-bond donors (Lipinski definition) is 1. The molecule has 1 aromatic heterocycles. The van der Waals surface area contributed by atoms with Crippen LogP contribution in [0.25, 0.3) is 0 Å². The number of nitrogens with zero attached hydrogens (tertiary/aromatic N) is 1. The van der Waals surface area contributed by atoms with Gasteiger partial charge >= 0.3 is 0 Å². The van der Waals surface area contributed by atoms with Crippen molar-refractivity contribution in [2.45, 2.75) is 31.6 Å². The fourth-order valence-corrected chi connectivity index (χ4v) is 4.10. The minimum Gasteiger partial charge on any atom is -0.385 e. The number of anilines is 1. The average molecular weight is 324 g/mol. The molecule has 0 unspecified atom stereocenters. The maximum Gasteiger partial charge on any atom is 0.178 e. The molecule has 0 amide bonds. The Labute approximate surface area is 130 Å². The second-order valence-electron chi connectivity index (χ2n) is 4.90. The molecule has 114 valence electrons. The lowest BCUT2D eigenvalue weighted by Crippen LogP contribution is -2.07. The first-order valence-corrected chi connectivity index (χ1v) is 9.52. The van der Waals surface area contributed by atoms with E-state index in [0.29, 0.717) is 11.3 Å². The summed E-state index contributed by atoms with van der Waals surface area (Å²) < 4.78 is 23.8. The molecular formula is C15H20N2O2S2. The fraction of sp³-hybridized carbons (Fsp3) is 0.400. The van der Waals surface area contributed by atoms with Crippen LogP contribution in [-0.4, -0.2) is 25.7 Å². The predicted octanol–water partition coefficient (Wildman–Crippen LogP) is 3.29. The lowest BCUT2D eigenvalue weighted by atomic mass is 10.3. The lowest BCUT2D eigenvalue weighted by molar-refractivity contribution is 0.595. The van der Waals surface area contributed by atoms with Gasteiger partial charge in [-0.15, -0.1) is 11.3 Å². The first-order chi connectivity index (χ1) is 10.0. The van der Waals surface area contributed by atoms with Crippen LogP contribution in [0.5, 0.6) is 0 Å². The van der Waals surface area contributed by atoms with E-state index in [-0.39, 0.29) is 5.75 Å². The van der Waals surface area contributed by atoms with Gasteiger partial charge in [-0.3, -0.25) is 0 Å². The predicted molar refractivity (Wildman–Crippen MR) is 87.8 cm³/mol. The summed E-state index contributed by atoms with van der Waals surface area (Å²) in [5, 5.41) is 6.44. The molecule has 6 heteroatoms. The van der Waals surface area contributed by atoms with Gasteiger partial charge in [-0.2, -0.15) is 0 Å². The summed E-state index contributed by atoms with van der Waals surface area (Å²) in [5.74, 6) is 0.198. The number of aryl methyl sites for hydroxylation is 1. The zero-order valence-corrected chi connectivity index (χ0v) is 13.9. The molecule has 1 heterocycles. The van der Waals surface area contributed by atoms with E-state index in [0.717, 1.165) is 29.4 Å². The zero-order chi connectivity index (χ0) is 15.3. The summed E-state index contributed by atoms with van der Waals surface area (Å²) >= 11 is 1.67. The van der Waals surface area contributed by atoms with Gasteiger partial charge < -0.3 is 5.32 Å². The Balaban J connectivity index is 1.90. The van der Waals surface area contributed by atoms with Crippen LogP contribution in [0.4, 0.5) is 5.69 Å². The fourth-order valence-electron chi connectivity index (χ4n) is 2.00. The van der Waals surface area contributed by atoms with Gasteiger partial charge in [-0.05, 0) is 37.6 Å². The molecule has 2 aromatic rings. The van der Waals surface area contributed by atoms with Gasteiger partial charge in [-0.1, -0.05) is 6.92 Å². The number of benzene rings is 1. The van der Waals surface area contributed by atoms with E-state index >= 15 is 0 Å².